The summed E-state index contributed by atoms with van der Waals surface area (Å²) in [5, 5.41) is 6.01. The van der Waals surface area contributed by atoms with E-state index in [4.69, 9.17) is 0 Å². The third-order valence-corrected chi connectivity index (χ3v) is 5.22. The first-order valence-electron chi connectivity index (χ1n) is 7.93. The number of benzene rings is 1. The summed E-state index contributed by atoms with van der Waals surface area (Å²) in [6.07, 6.45) is 0.00916. The van der Waals surface area contributed by atoms with Crippen LogP contribution in [0.4, 0.5) is 4.39 Å². The molecule has 1 heterocycles. The Morgan fingerprint density at radius 1 is 1.21 bits per heavy atom. The first-order valence-corrected chi connectivity index (χ1v) is 9.41. The Morgan fingerprint density at radius 2 is 1.92 bits per heavy atom. The van der Waals surface area contributed by atoms with Crippen LogP contribution in [0, 0.1) is 5.82 Å². The molecule has 9 heteroatoms. The van der Waals surface area contributed by atoms with E-state index in [2.05, 4.69) is 20.3 Å². The van der Waals surface area contributed by atoms with Crippen molar-refractivity contribution in [1.29, 1.82) is 0 Å². The molecular weight excluding hydrogens is 335 g/mol. The maximum absolute atomic E-state index is 13.5. The molecule has 0 unspecified atom stereocenters. The van der Waals surface area contributed by atoms with Crippen LogP contribution in [0.1, 0.15) is 6.42 Å². The van der Waals surface area contributed by atoms with Crippen LogP contribution in [0.25, 0.3) is 0 Å². The number of amides is 1. The van der Waals surface area contributed by atoms with Gasteiger partial charge in [-0.1, -0.05) is 12.1 Å². The van der Waals surface area contributed by atoms with Crippen molar-refractivity contribution in [2.45, 2.75) is 11.3 Å². The fourth-order valence-corrected chi connectivity index (χ4v) is 3.52. The van der Waals surface area contributed by atoms with Crippen LogP contribution in [-0.4, -0.2) is 65.0 Å². The molecule has 0 spiro atoms. The normalized spacial score (nSPS) is 16.0. The number of nitrogens with zero attached hydrogens (tertiary/aromatic N) is 1. The molecule has 1 saturated heterocycles. The highest BCUT2D eigenvalue weighted by Gasteiger charge is 2.18. The van der Waals surface area contributed by atoms with Crippen molar-refractivity contribution in [2.24, 2.45) is 0 Å². The van der Waals surface area contributed by atoms with Crippen molar-refractivity contribution in [3.8, 4) is 0 Å². The van der Waals surface area contributed by atoms with Gasteiger partial charge in [0.1, 0.15) is 10.7 Å². The van der Waals surface area contributed by atoms with Crippen LogP contribution < -0.4 is 15.4 Å². The van der Waals surface area contributed by atoms with E-state index in [1.54, 1.807) is 0 Å². The molecule has 0 aromatic heterocycles. The molecule has 1 amide bonds. The summed E-state index contributed by atoms with van der Waals surface area (Å²) >= 11 is 0. The van der Waals surface area contributed by atoms with E-state index in [9.17, 15) is 17.6 Å². The number of carbonyl (C=O) groups excluding carboxylic acids is 1. The number of hydrogen-bond acceptors (Lipinski definition) is 5. The summed E-state index contributed by atoms with van der Waals surface area (Å²) in [7, 11) is -3.94. The Morgan fingerprint density at radius 3 is 2.62 bits per heavy atom. The minimum absolute atomic E-state index is 0.00916. The second-order valence-electron chi connectivity index (χ2n) is 5.52. The number of carbonyl (C=O) groups is 1. The maximum Gasteiger partial charge on any atom is 0.243 e. The first kappa shape index (κ1) is 18.8. The molecule has 1 aliphatic rings. The van der Waals surface area contributed by atoms with Gasteiger partial charge in [0, 0.05) is 52.2 Å². The zero-order chi connectivity index (χ0) is 17.4. The molecule has 2 rings (SSSR count). The number of rotatable bonds is 8. The summed E-state index contributed by atoms with van der Waals surface area (Å²) in [5.74, 6) is -1.05. The van der Waals surface area contributed by atoms with Gasteiger partial charge in [-0.2, -0.15) is 0 Å². The molecule has 1 aromatic carbocycles. The monoisotopic (exact) mass is 358 g/mol. The predicted molar refractivity (Wildman–Crippen MR) is 88.5 cm³/mol. The van der Waals surface area contributed by atoms with Gasteiger partial charge in [0.25, 0.3) is 0 Å². The lowest BCUT2D eigenvalue weighted by molar-refractivity contribution is -0.120. The van der Waals surface area contributed by atoms with Gasteiger partial charge in [-0.25, -0.2) is 17.5 Å². The quantitative estimate of drug-likeness (QED) is 0.584. The van der Waals surface area contributed by atoms with E-state index in [1.165, 1.54) is 18.2 Å². The average Bonchev–Trinajstić information content (AvgIpc) is 2.56. The Kier molecular flexibility index (Phi) is 7.10. The van der Waals surface area contributed by atoms with Crippen molar-refractivity contribution < 1.29 is 17.6 Å². The van der Waals surface area contributed by atoms with Crippen LogP contribution in [0.15, 0.2) is 29.2 Å². The van der Waals surface area contributed by atoms with E-state index < -0.39 is 20.7 Å². The Hall–Kier alpha value is -1.55. The number of sulfonamides is 1. The smallest absolute Gasteiger partial charge is 0.243 e. The van der Waals surface area contributed by atoms with Gasteiger partial charge < -0.3 is 10.6 Å². The summed E-state index contributed by atoms with van der Waals surface area (Å²) in [6, 6.07) is 5.13. The highest BCUT2D eigenvalue weighted by atomic mass is 32.2. The van der Waals surface area contributed by atoms with E-state index in [1.807, 2.05) is 0 Å². The summed E-state index contributed by atoms with van der Waals surface area (Å²) in [4.78, 5) is 13.6. The van der Waals surface area contributed by atoms with Crippen LogP contribution in [0.5, 0.6) is 0 Å². The Labute approximate surface area is 141 Å². The molecule has 1 aliphatic heterocycles. The lowest BCUT2D eigenvalue weighted by Gasteiger charge is -2.27. The molecule has 1 fully saturated rings. The topological polar surface area (TPSA) is 90.5 Å². The summed E-state index contributed by atoms with van der Waals surface area (Å²) in [5.41, 5.74) is 0. The third-order valence-electron chi connectivity index (χ3n) is 3.73. The molecule has 0 atom stereocenters. The molecule has 24 heavy (non-hydrogen) atoms. The number of nitrogens with one attached hydrogen (secondary N) is 3. The van der Waals surface area contributed by atoms with E-state index in [0.29, 0.717) is 6.54 Å². The molecule has 0 radical (unpaired) electrons. The van der Waals surface area contributed by atoms with Crippen LogP contribution in [0.3, 0.4) is 0 Å². The molecule has 3 N–H and O–H groups in total. The molecule has 134 valence electrons. The van der Waals surface area contributed by atoms with Crippen molar-refractivity contribution in [3.63, 3.8) is 0 Å². The second kappa shape index (κ2) is 9.07. The average molecular weight is 358 g/mol. The lowest BCUT2D eigenvalue weighted by Crippen LogP contribution is -2.46. The fourth-order valence-electron chi connectivity index (χ4n) is 2.42. The predicted octanol–water partition coefficient (Wildman–Crippen LogP) is -0.484. The zero-order valence-corrected chi connectivity index (χ0v) is 14.2. The van der Waals surface area contributed by atoms with Gasteiger partial charge in [-0.05, 0) is 12.1 Å². The zero-order valence-electron chi connectivity index (χ0n) is 13.4. The van der Waals surface area contributed by atoms with E-state index in [-0.39, 0.29) is 18.9 Å². The minimum atomic E-state index is -3.94. The van der Waals surface area contributed by atoms with Gasteiger partial charge in [0.05, 0.1) is 0 Å². The third kappa shape index (κ3) is 5.82. The van der Waals surface area contributed by atoms with E-state index in [0.717, 1.165) is 38.8 Å². The molecule has 0 aliphatic carbocycles. The second-order valence-corrected chi connectivity index (χ2v) is 7.26. The van der Waals surface area contributed by atoms with Crippen LogP contribution in [0.2, 0.25) is 0 Å². The van der Waals surface area contributed by atoms with Crippen molar-refractivity contribution in [1.82, 2.24) is 20.3 Å². The highest BCUT2D eigenvalue weighted by Crippen LogP contribution is 2.12. The van der Waals surface area contributed by atoms with Crippen LogP contribution in [-0.2, 0) is 14.8 Å². The first-order chi connectivity index (χ1) is 11.5. The molecule has 0 bridgehead atoms. The maximum atomic E-state index is 13.5. The largest absolute Gasteiger partial charge is 0.355 e. The van der Waals surface area contributed by atoms with Gasteiger partial charge >= 0.3 is 0 Å². The summed E-state index contributed by atoms with van der Waals surface area (Å²) in [6.45, 7) is 5.04. The number of halogens is 1. The molecule has 0 saturated carbocycles. The summed E-state index contributed by atoms with van der Waals surface area (Å²) < 4.78 is 39.7. The van der Waals surface area contributed by atoms with Crippen molar-refractivity contribution in [3.05, 3.63) is 30.1 Å². The SMILES string of the molecule is O=C(CCNS(=O)(=O)c1ccccc1F)NCCN1CCNCC1. The number of piperazine rings is 1. The van der Waals surface area contributed by atoms with Gasteiger partial charge in [-0.15, -0.1) is 0 Å². The van der Waals surface area contributed by atoms with E-state index >= 15 is 0 Å². The van der Waals surface area contributed by atoms with Gasteiger partial charge in [0.15, 0.2) is 0 Å². The highest BCUT2D eigenvalue weighted by molar-refractivity contribution is 7.89. The van der Waals surface area contributed by atoms with Crippen LogP contribution >= 0.6 is 0 Å². The van der Waals surface area contributed by atoms with Crippen molar-refractivity contribution in [2.75, 3.05) is 45.8 Å². The minimum Gasteiger partial charge on any atom is -0.355 e. The van der Waals surface area contributed by atoms with Crippen molar-refractivity contribution >= 4 is 15.9 Å². The molecule has 1 aromatic rings. The van der Waals surface area contributed by atoms with Gasteiger partial charge in [-0.3, -0.25) is 9.69 Å². The van der Waals surface area contributed by atoms with Gasteiger partial charge in [0.2, 0.25) is 15.9 Å². The fraction of sp³-hybridized carbons (Fsp3) is 0.533. The Bertz CT molecular complexity index is 648. The number of hydrogen-bond donors (Lipinski definition) is 3. The standard InChI is InChI=1S/C15H23FN4O3S/c16-13-3-1-2-4-14(13)24(22,23)19-6-5-15(21)18-9-12-20-10-7-17-8-11-20/h1-4,17,19H,5-12H2,(H,18,21). The molecule has 7 nitrogen and oxygen atoms in total. The molecular formula is C15H23FN4O3S. The Balaban J connectivity index is 1.67. The lowest BCUT2D eigenvalue weighted by atomic mass is 10.3.